The van der Waals surface area contributed by atoms with Crippen LogP contribution in [0.5, 0.6) is 5.75 Å². The number of hydrogen-bond acceptors (Lipinski definition) is 9. The summed E-state index contributed by atoms with van der Waals surface area (Å²) < 4.78 is 20.0. The summed E-state index contributed by atoms with van der Waals surface area (Å²) in [4.78, 5) is 30.0. The number of fused-ring (bicyclic) bond motifs is 1. The smallest absolute Gasteiger partial charge is 0.410 e. The van der Waals surface area contributed by atoms with E-state index >= 15 is 0 Å². The lowest BCUT2D eigenvalue weighted by Crippen LogP contribution is -2.39. The van der Waals surface area contributed by atoms with Crippen molar-refractivity contribution in [2.75, 3.05) is 37.7 Å². The Labute approximate surface area is 278 Å². The molecule has 11 nitrogen and oxygen atoms in total. The Kier molecular flexibility index (Phi) is 9.54. The van der Waals surface area contributed by atoms with E-state index in [0.29, 0.717) is 53.5 Å². The molecule has 0 bridgehead atoms. The molecule has 6 rings (SSSR count). The van der Waals surface area contributed by atoms with Gasteiger partial charge in [-0.1, -0.05) is 23.2 Å². The highest BCUT2D eigenvalue weighted by Gasteiger charge is 2.26. The second kappa shape index (κ2) is 13.6. The van der Waals surface area contributed by atoms with Crippen LogP contribution in [0.2, 0.25) is 10.0 Å². The summed E-state index contributed by atoms with van der Waals surface area (Å²) in [6.07, 6.45) is 9.66. The SMILES string of the molecule is C[C@@H](Oc1ccc2c(c1)c(-c1cnc(N3CCCN(C(=O)OC(C)(C)C)CC3)nc1)nn2C1CCCCO1)c1c(Cl)cncc1Cl. The topological polar surface area (TPSA) is 108 Å². The number of aromatic nitrogens is 5. The van der Waals surface area contributed by atoms with E-state index in [1.165, 1.54) is 0 Å². The summed E-state index contributed by atoms with van der Waals surface area (Å²) in [5, 5.41) is 6.83. The van der Waals surface area contributed by atoms with Gasteiger partial charge in [0.15, 0.2) is 6.23 Å². The molecule has 2 aliphatic rings. The van der Waals surface area contributed by atoms with Crippen molar-refractivity contribution in [2.24, 2.45) is 0 Å². The molecule has 0 N–H and O–H groups in total. The molecular weight excluding hydrogens is 629 g/mol. The number of carbonyl (C=O) groups is 1. The Morgan fingerprint density at radius 3 is 2.46 bits per heavy atom. The van der Waals surface area contributed by atoms with E-state index in [2.05, 4.69) is 9.88 Å². The minimum absolute atomic E-state index is 0.157. The summed E-state index contributed by atoms with van der Waals surface area (Å²) in [7, 11) is 0. The molecule has 0 saturated carbocycles. The molecular formula is C33H39Cl2N7O4. The molecule has 2 saturated heterocycles. The van der Waals surface area contributed by atoms with Crippen LogP contribution >= 0.6 is 23.2 Å². The first-order valence-corrected chi connectivity index (χ1v) is 16.5. The van der Waals surface area contributed by atoms with Crippen molar-refractivity contribution < 1.29 is 19.0 Å². The first kappa shape index (κ1) is 32.3. The van der Waals surface area contributed by atoms with Crippen LogP contribution in [0.1, 0.15) is 71.3 Å². The minimum atomic E-state index is -0.533. The lowest BCUT2D eigenvalue weighted by molar-refractivity contribution is -0.0365. The lowest BCUT2D eigenvalue weighted by Gasteiger charge is -2.26. The van der Waals surface area contributed by atoms with Crippen molar-refractivity contribution in [3.8, 4) is 17.0 Å². The molecule has 1 amide bonds. The molecule has 4 aromatic rings. The molecule has 1 unspecified atom stereocenters. The lowest BCUT2D eigenvalue weighted by atomic mass is 10.1. The minimum Gasteiger partial charge on any atom is -0.486 e. The Morgan fingerprint density at radius 1 is 1.00 bits per heavy atom. The van der Waals surface area contributed by atoms with Crippen molar-refractivity contribution in [1.29, 1.82) is 0 Å². The second-order valence-corrected chi connectivity index (χ2v) is 13.5. The molecule has 0 spiro atoms. The van der Waals surface area contributed by atoms with Crippen LogP contribution in [0.25, 0.3) is 22.2 Å². The number of pyridine rings is 1. The van der Waals surface area contributed by atoms with Crippen LogP contribution in [0.3, 0.4) is 0 Å². The summed E-state index contributed by atoms with van der Waals surface area (Å²) in [5.74, 6) is 1.25. The molecule has 2 aliphatic heterocycles. The highest BCUT2D eigenvalue weighted by Crippen LogP contribution is 2.37. The Bertz CT molecular complexity index is 1670. The van der Waals surface area contributed by atoms with E-state index in [1.54, 1.807) is 29.7 Å². The van der Waals surface area contributed by atoms with E-state index in [0.717, 1.165) is 54.4 Å². The molecule has 244 valence electrons. The zero-order valence-corrected chi connectivity index (χ0v) is 28.1. The first-order valence-electron chi connectivity index (χ1n) is 15.7. The molecule has 1 aromatic carbocycles. The Balaban J connectivity index is 1.26. The second-order valence-electron chi connectivity index (χ2n) is 12.6. The van der Waals surface area contributed by atoms with Gasteiger partial charge in [0.05, 0.1) is 15.6 Å². The number of nitrogens with zero attached hydrogens (tertiary/aromatic N) is 7. The monoisotopic (exact) mass is 667 g/mol. The highest BCUT2D eigenvalue weighted by molar-refractivity contribution is 6.35. The van der Waals surface area contributed by atoms with E-state index in [9.17, 15) is 4.79 Å². The number of benzene rings is 1. The molecule has 46 heavy (non-hydrogen) atoms. The number of carbonyl (C=O) groups excluding carboxylic acids is 1. The Hall–Kier alpha value is -3.67. The predicted octanol–water partition coefficient (Wildman–Crippen LogP) is 7.48. The van der Waals surface area contributed by atoms with Crippen molar-refractivity contribution in [1.82, 2.24) is 29.6 Å². The Morgan fingerprint density at radius 2 is 1.76 bits per heavy atom. The fraction of sp³-hybridized carbons (Fsp3) is 0.485. The van der Waals surface area contributed by atoms with Crippen LogP contribution in [0.4, 0.5) is 10.7 Å². The van der Waals surface area contributed by atoms with Gasteiger partial charge in [0.1, 0.15) is 23.1 Å². The maximum Gasteiger partial charge on any atom is 0.410 e. The van der Waals surface area contributed by atoms with Crippen molar-refractivity contribution in [3.05, 3.63) is 58.6 Å². The van der Waals surface area contributed by atoms with E-state index in [-0.39, 0.29) is 12.3 Å². The van der Waals surface area contributed by atoms with Crippen molar-refractivity contribution in [2.45, 2.75) is 71.3 Å². The predicted molar refractivity (Wildman–Crippen MR) is 178 cm³/mol. The average Bonchev–Trinajstić information content (AvgIpc) is 3.21. The molecule has 2 fully saturated rings. The summed E-state index contributed by atoms with van der Waals surface area (Å²) in [6.45, 7) is 10.7. The van der Waals surface area contributed by atoms with Gasteiger partial charge in [-0.2, -0.15) is 5.10 Å². The van der Waals surface area contributed by atoms with E-state index < -0.39 is 11.7 Å². The maximum atomic E-state index is 12.6. The highest BCUT2D eigenvalue weighted by atomic mass is 35.5. The molecule has 13 heteroatoms. The number of amides is 1. The normalized spacial score (nSPS) is 18.3. The van der Waals surface area contributed by atoms with E-state index in [4.69, 9.17) is 52.5 Å². The van der Waals surface area contributed by atoms with E-state index in [1.807, 2.05) is 50.6 Å². The van der Waals surface area contributed by atoms with Crippen LogP contribution in [0.15, 0.2) is 43.0 Å². The van der Waals surface area contributed by atoms with Crippen LogP contribution in [0, 0.1) is 0 Å². The zero-order chi connectivity index (χ0) is 32.4. The van der Waals surface area contributed by atoms with Crippen molar-refractivity contribution in [3.63, 3.8) is 0 Å². The summed E-state index contributed by atoms with van der Waals surface area (Å²) in [5.41, 5.74) is 2.59. The standard InChI is InChI=1S/C33H39Cl2N7O4/c1-21(29-25(34)19-36-20-26(29)35)45-23-9-10-27-24(16-23)30(39-42(27)28-8-5-6-15-44-28)22-17-37-31(38-18-22)40-11-7-12-41(14-13-40)32(43)46-33(2,3)4/h9-10,16-21,28H,5-8,11-15H2,1-4H3/t21-,28?/m1/s1. The van der Waals surface area contributed by atoms with Gasteiger partial charge < -0.3 is 24.0 Å². The van der Waals surface area contributed by atoms with Crippen molar-refractivity contribution >= 4 is 46.1 Å². The van der Waals surface area contributed by atoms with Gasteiger partial charge >= 0.3 is 6.09 Å². The number of halogens is 2. The van der Waals surface area contributed by atoms with Gasteiger partial charge in [-0.15, -0.1) is 0 Å². The molecule has 0 aliphatic carbocycles. The zero-order valence-electron chi connectivity index (χ0n) is 26.6. The van der Waals surface area contributed by atoms with Crippen LogP contribution < -0.4 is 9.64 Å². The fourth-order valence-corrected chi connectivity index (χ4v) is 6.52. The van der Waals surface area contributed by atoms with Crippen LogP contribution in [-0.2, 0) is 9.47 Å². The quantitative estimate of drug-likeness (QED) is 0.207. The molecule has 2 atom stereocenters. The average molecular weight is 669 g/mol. The first-order chi connectivity index (χ1) is 22.1. The molecule has 5 heterocycles. The molecule has 3 aromatic heterocycles. The number of ether oxygens (including phenoxy) is 3. The number of anilines is 1. The fourth-order valence-electron chi connectivity index (χ4n) is 5.85. The van der Waals surface area contributed by atoms with Gasteiger partial charge in [-0.25, -0.2) is 19.4 Å². The van der Waals surface area contributed by atoms with Crippen LogP contribution in [-0.4, -0.2) is 74.1 Å². The third kappa shape index (κ3) is 7.16. The summed E-state index contributed by atoms with van der Waals surface area (Å²) in [6, 6.07) is 5.90. The third-order valence-corrected chi connectivity index (χ3v) is 8.66. The number of hydrogen-bond donors (Lipinski definition) is 0. The third-order valence-electron chi connectivity index (χ3n) is 8.06. The summed E-state index contributed by atoms with van der Waals surface area (Å²) >= 11 is 12.8. The largest absolute Gasteiger partial charge is 0.486 e. The van der Waals surface area contributed by atoms with Gasteiger partial charge in [0, 0.05) is 74.1 Å². The number of rotatable bonds is 6. The van der Waals surface area contributed by atoms with Gasteiger partial charge in [0.25, 0.3) is 0 Å². The van der Waals surface area contributed by atoms with Gasteiger partial charge in [-0.3, -0.25) is 4.98 Å². The maximum absolute atomic E-state index is 12.6. The van der Waals surface area contributed by atoms with Gasteiger partial charge in [-0.05, 0) is 71.6 Å². The molecule has 0 radical (unpaired) electrons. The van der Waals surface area contributed by atoms with Gasteiger partial charge in [0.2, 0.25) is 5.95 Å².